The van der Waals surface area contributed by atoms with E-state index in [0.717, 1.165) is 24.0 Å². The highest BCUT2D eigenvalue weighted by Crippen LogP contribution is 2.32. The van der Waals surface area contributed by atoms with Gasteiger partial charge >= 0.3 is 0 Å². The van der Waals surface area contributed by atoms with Gasteiger partial charge in [0.2, 0.25) is 5.91 Å². The summed E-state index contributed by atoms with van der Waals surface area (Å²) in [5.74, 6) is -0.501. The van der Waals surface area contributed by atoms with Gasteiger partial charge in [0.25, 0.3) is 0 Å². The highest BCUT2D eigenvalue weighted by molar-refractivity contribution is 5.80. The van der Waals surface area contributed by atoms with Gasteiger partial charge in [0.1, 0.15) is 5.82 Å². The standard InChI is InChI=1S/C14H19FN2O/c1-14(2,13(16)18)8-17-12-6-3-9-7-10(15)4-5-11(9)12/h4-5,7,12,17H,3,6,8H2,1-2H3,(H2,16,18). The van der Waals surface area contributed by atoms with Crippen LogP contribution in [-0.2, 0) is 11.2 Å². The van der Waals surface area contributed by atoms with E-state index in [9.17, 15) is 9.18 Å². The molecule has 98 valence electrons. The van der Waals surface area contributed by atoms with E-state index in [2.05, 4.69) is 5.32 Å². The summed E-state index contributed by atoms with van der Waals surface area (Å²) in [5, 5.41) is 3.36. The Morgan fingerprint density at radius 1 is 1.56 bits per heavy atom. The number of halogens is 1. The lowest BCUT2D eigenvalue weighted by atomic mass is 9.92. The lowest BCUT2D eigenvalue weighted by Gasteiger charge is -2.24. The molecule has 18 heavy (non-hydrogen) atoms. The zero-order valence-corrected chi connectivity index (χ0v) is 10.8. The molecule has 0 saturated carbocycles. The van der Waals surface area contributed by atoms with Crippen molar-refractivity contribution in [3.05, 3.63) is 35.1 Å². The van der Waals surface area contributed by atoms with E-state index in [1.54, 1.807) is 6.07 Å². The quantitative estimate of drug-likeness (QED) is 0.857. The third kappa shape index (κ3) is 2.53. The van der Waals surface area contributed by atoms with Crippen molar-refractivity contribution in [2.75, 3.05) is 6.54 Å². The maximum Gasteiger partial charge on any atom is 0.224 e. The van der Waals surface area contributed by atoms with Gasteiger partial charge < -0.3 is 11.1 Å². The molecule has 1 amide bonds. The van der Waals surface area contributed by atoms with Crippen LogP contribution < -0.4 is 11.1 Å². The Hall–Kier alpha value is -1.42. The van der Waals surface area contributed by atoms with E-state index in [4.69, 9.17) is 5.73 Å². The maximum absolute atomic E-state index is 13.1. The summed E-state index contributed by atoms with van der Waals surface area (Å²) in [6, 6.07) is 5.10. The second-order valence-electron chi connectivity index (χ2n) is 5.56. The number of nitrogens with two attached hydrogens (primary N) is 1. The molecule has 3 nitrogen and oxygen atoms in total. The Morgan fingerprint density at radius 3 is 2.94 bits per heavy atom. The molecule has 0 heterocycles. The second kappa shape index (κ2) is 4.69. The molecular weight excluding hydrogens is 231 g/mol. The minimum absolute atomic E-state index is 0.188. The number of primary amides is 1. The molecule has 0 aliphatic heterocycles. The van der Waals surface area contributed by atoms with Gasteiger partial charge in [0.15, 0.2) is 0 Å². The van der Waals surface area contributed by atoms with E-state index < -0.39 is 5.41 Å². The molecule has 1 aromatic rings. The van der Waals surface area contributed by atoms with Crippen LogP contribution in [0.15, 0.2) is 18.2 Å². The molecular formula is C14H19FN2O. The number of benzene rings is 1. The Kier molecular flexibility index (Phi) is 3.39. The molecule has 1 unspecified atom stereocenters. The fourth-order valence-electron chi connectivity index (χ4n) is 2.26. The largest absolute Gasteiger partial charge is 0.369 e. The van der Waals surface area contributed by atoms with Gasteiger partial charge in [-0.25, -0.2) is 4.39 Å². The zero-order valence-electron chi connectivity index (χ0n) is 10.8. The minimum Gasteiger partial charge on any atom is -0.369 e. The Bertz CT molecular complexity index is 471. The Balaban J connectivity index is 2.04. The smallest absolute Gasteiger partial charge is 0.224 e. The van der Waals surface area contributed by atoms with Crippen molar-refractivity contribution >= 4 is 5.91 Å². The van der Waals surface area contributed by atoms with Gasteiger partial charge in [-0.05, 0) is 49.9 Å². The molecule has 1 atom stereocenters. The summed E-state index contributed by atoms with van der Waals surface area (Å²) in [7, 11) is 0. The SMILES string of the molecule is CC(C)(CNC1CCc2cc(F)ccc21)C(N)=O. The van der Waals surface area contributed by atoms with E-state index >= 15 is 0 Å². The predicted molar refractivity (Wildman–Crippen MR) is 68.4 cm³/mol. The molecule has 4 heteroatoms. The summed E-state index contributed by atoms with van der Waals surface area (Å²) < 4.78 is 13.1. The summed E-state index contributed by atoms with van der Waals surface area (Å²) in [4.78, 5) is 11.2. The van der Waals surface area contributed by atoms with Crippen LogP contribution in [-0.4, -0.2) is 12.5 Å². The third-order valence-electron chi connectivity index (χ3n) is 3.64. The van der Waals surface area contributed by atoms with Crippen LogP contribution >= 0.6 is 0 Å². The van der Waals surface area contributed by atoms with Crippen LogP contribution in [0.2, 0.25) is 0 Å². The number of rotatable bonds is 4. The van der Waals surface area contributed by atoms with Gasteiger partial charge in [0, 0.05) is 12.6 Å². The molecule has 0 saturated heterocycles. The molecule has 3 N–H and O–H groups in total. The Morgan fingerprint density at radius 2 is 2.28 bits per heavy atom. The van der Waals surface area contributed by atoms with Gasteiger partial charge in [0.05, 0.1) is 5.41 Å². The van der Waals surface area contributed by atoms with Crippen LogP contribution in [0.1, 0.15) is 37.4 Å². The first-order valence-corrected chi connectivity index (χ1v) is 6.22. The highest BCUT2D eigenvalue weighted by atomic mass is 19.1. The third-order valence-corrected chi connectivity index (χ3v) is 3.64. The van der Waals surface area contributed by atoms with E-state index in [1.165, 1.54) is 6.07 Å². The number of amides is 1. The van der Waals surface area contributed by atoms with Crippen molar-refractivity contribution in [2.24, 2.45) is 11.1 Å². The summed E-state index contributed by atoms with van der Waals surface area (Å²) >= 11 is 0. The Labute approximate surface area is 107 Å². The topological polar surface area (TPSA) is 55.1 Å². The van der Waals surface area contributed by atoms with Crippen molar-refractivity contribution in [1.29, 1.82) is 0 Å². The molecule has 1 aliphatic carbocycles. The first kappa shape index (κ1) is 13.0. The molecule has 0 bridgehead atoms. The van der Waals surface area contributed by atoms with Crippen molar-refractivity contribution in [3.63, 3.8) is 0 Å². The lowest BCUT2D eigenvalue weighted by molar-refractivity contribution is -0.125. The van der Waals surface area contributed by atoms with Crippen LogP contribution in [0.4, 0.5) is 4.39 Å². The predicted octanol–water partition coefficient (Wildman–Crippen LogP) is 1.91. The summed E-state index contributed by atoms with van der Waals surface area (Å²) in [5.41, 5.74) is 6.97. The first-order valence-electron chi connectivity index (χ1n) is 6.22. The van der Waals surface area contributed by atoms with Crippen LogP contribution in [0, 0.1) is 11.2 Å². The molecule has 1 aromatic carbocycles. The zero-order chi connectivity index (χ0) is 13.3. The number of carbonyl (C=O) groups is 1. The monoisotopic (exact) mass is 250 g/mol. The average Bonchev–Trinajstić information content (AvgIpc) is 2.68. The second-order valence-corrected chi connectivity index (χ2v) is 5.56. The fourth-order valence-corrected chi connectivity index (χ4v) is 2.26. The van der Waals surface area contributed by atoms with Gasteiger partial charge in [-0.3, -0.25) is 4.79 Å². The van der Waals surface area contributed by atoms with Crippen molar-refractivity contribution in [3.8, 4) is 0 Å². The molecule has 2 rings (SSSR count). The highest BCUT2D eigenvalue weighted by Gasteiger charge is 2.28. The van der Waals surface area contributed by atoms with Gasteiger partial charge in [-0.1, -0.05) is 6.07 Å². The molecule has 0 fully saturated rings. The van der Waals surface area contributed by atoms with Crippen LogP contribution in [0.3, 0.4) is 0 Å². The number of carbonyl (C=O) groups excluding carboxylic acids is 1. The summed E-state index contributed by atoms with van der Waals surface area (Å²) in [6.07, 6.45) is 1.81. The maximum atomic E-state index is 13.1. The minimum atomic E-state index is -0.567. The van der Waals surface area contributed by atoms with Crippen LogP contribution in [0.25, 0.3) is 0 Å². The lowest BCUT2D eigenvalue weighted by Crippen LogP contribution is -2.41. The van der Waals surface area contributed by atoms with Crippen molar-refractivity contribution < 1.29 is 9.18 Å². The van der Waals surface area contributed by atoms with E-state index in [0.29, 0.717) is 6.54 Å². The molecule has 1 aliphatic rings. The van der Waals surface area contributed by atoms with Gasteiger partial charge in [-0.15, -0.1) is 0 Å². The normalized spacial score (nSPS) is 18.7. The number of aryl methyl sites for hydroxylation is 1. The van der Waals surface area contributed by atoms with Crippen molar-refractivity contribution in [1.82, 2.24) is 5.32 Å². The molecule has 0 radical (unpaired) electrons. The van der Waals surface area contributed by atoms with Crippen LogP contribution in [0.5, 0.6) is 0 Å². The number of hydrogen-bond acceptors (Lipinski definition) is 2. The van der Waals surface area contributed by atoms with Crippen molar-refractivity contribution in [2.45, 2.75) is 32.7 Å². The van der Waals surface area contributed by atoms with E-state index in [-0.39, 0.29) is 17.8 Å². The average molecular weight is 250 g/mol. The number of fused-ring (bicyclic) bond motifs is 1. The summed E-state index contributed by atoms with van der Waals surface area (Å²) in [6.45, 7) is 4.18. The molecule has 0 spiro atoms. The molecule has 0 aromatic heterocycles. The van der Waals surface area contributed by atoms with E-state index in [1.807, 2.05) is 19.9 Å². The fraction of sp³-hybridized carbons (Fsp3) is 0.500. The van der Waals surface area contributed by atoms with Gasteiger partial charge in [-0.2, -0.15) is 0 Å². The first-order chi connectivity index (χ1) is 8.40. The number of hydrogen-bond donors (Lipinski definition) is 2. The number of nitrogens with one attached hydrogen (secondary N) is 1.